The third-order valence-corrected chi connectivity index (χ3v) is 4.33. The molecule has 0 radical (unpaired) electrons. The number of aromatic nitrogens is 1. The number of hydrogen-bond acceptors (Lipinski definition) is 4. The van der Waals surface area contributed by atoms with E-state index in [0.717, 1.165) is 30.6 Å². The lowest BCUT2D eigenvalue weighted by molar-refractivity contribution is 0.0882. The van der Waals surface area contributed by atoms with Crippen LogP contribution < -0.4 is 0 Å². The first-order chi connectivity index (χ1) is 9.99. The van der Waals surface area contributed by atoms with Crippen molar-refractivity contribution in [3.63, 3.8) is 0 Å². The fourth-order valence-corrected chi connectivity index (χ4v) is 3.32. The molecule has 0 aromatic carbocycles. The van der Waals surface area contributed by atoms with Crippen LogP contribution in [-0.2, 0) is 6.42 Å². The number of rotatable bonds is 6. The molecule has 1 aliphatic heterocycles. The summed E-state index contributed by atoms with van der Waals surface area (Å²) in [6, 6.07) is 0.0855. The molecule has 1 aromatic rings. The summed E-state index contributed by atoms with van der Waals surface area (Å²) in [5, 5.41) is 9.34. The van der Waals surface area contributed by atoms with Crippen LogP contribution in [0.25, 0.3) is 0 Å². The lowest BCUT2D eigenvalue weighted by atomic mass is 10.0. The molecule has 5 heteroatoms. The van der Waals surface area contributed by atoms with Gasteiger partial charge in [0.1, 0.15) is 0 Å². The van der Waals surface area contributed by atoms with Gasteiger partial charge in [0, 0.05) is 17.3 Å². The van der Waals surface area contributed by atoms with Crippen LogP contribution >= 0.6 is 0 Å². The van der Waals surface area contributed by atoms with Crippen LogP contribution in [0.2, 0.25) is 0 Å². The normalized spacial score (nSPS) is 19.1. The zero-order chi connectivity index (χ0) is 15.6. The van der Waals surface area contributed by atoms with Gasteiger partial charge in [-0.05, 0) is 45.2 Å². The highest BCUT2D eigenvalue weighted by atomic mass is 16.3. The number of aryl methyl sites for hydroxylation is 1. The van der Waals surface area contributed by atoms with Gasteiger partial charge in [0.15, 0.2) is 11.6 Å². The Morgan fingerprint density at radius 3 is 2.71 bits per heavy atom. The first kappa shape index (κ1) is 15.9. The number of nitrogens with zero attached hydrogens (tertiary/aromatic N) is 1. The summed E-state index contributed by atoms with van der Waals surface area (Å²) in [7, 11) is 0. The van der Waals surface area contributed by atoms with Crippen molar-refractivity contribution < 1.29 is 14.7 Å². The number of H-pyrrole nitrogens is 1. The number of likely N-dealkylation sites (tertiary alicyclic amines) is 1. The zero-order valence-electron chi connectivity index (χ0n) is 13.0. The van der Waals surface area contributed by atoms with Crippen molar-refractivity contribution in [3.05, 3.63) is 22.5 Å². The molecule has 0 saturated carbocycles. The highest BCUT2D eigenvalue weighted by molar-refractivity contribution is 6.04. The lowest BCUT2D eigenvalue weighted by Crippen LogP contribution is -2.36. The third kappa shape index (κ3) is 3.09. The van der Waals surface area contributed by atoms with Crippen LogP contribution in [0.3, 0.4) is 0 Å². The van der Waals surface area contributed by atoms with E-state index in [-0.39, 0.29) is 24.2 Å². The second-order valence-electron chi connectivity index (χ2n) is 5.76. The largest absolute Gasteiger partial charge is 0.395 e. The van der Waals surface area contributed by atoms with Crippen LogP contribution in [0.5, 0.6) is 0 Å². The van der Waals surface area contributed by atoms with Gasteiger partial charge in [-0.25, -0.2) is 0 Å². The van der Waals surface area contributed by atoms with Crippen molar-refractivity contribution in [2.45, 2.75) is 46.1 Å². The number of aromatic amines is 1. The second-order valence-corrected chi connectivity index (χ2v) is 5.76. The average molecular weight is 292 g/mol. The topological polar surface area (TPSA) is 73.4 Å². The van der Waals surface area contributed by atoms with Crippen molar-refractivity contribution in [1.82, 2.24) is 9.88 Å². The maximum absolute atomic E-state index is 12.6. The van der Waals surface area contributed by atoms with Crippen molar-refractivity contribution >= 4 is 11.6 Å². The predicted molar refractivity (Wildman–Crippen MR) is 80.9 cm³/mol. The lowest BCUT2D eigenvalue weighted by Gasteiger charge is -2.21. The number of nitrogens with one attached hydrogen (secondary N) is 1. The minimum Gasteiger partial charge on any atom is -0.395 e. The number of hydrogen-bond donors (Lipinski definition) is 2. The summed E-state index contributed by atoms with van der Waals surface area (Å²) in [6.45, 7) is 6.56. The summed E-state index contributed by atoms with van der Waals surface area (Å²) in [5.41, 5.74) is 2.80. The van der Waals surface area contributed by atoms with Gasteiger partial charge in [-0.2, -0.15) is 0 Å². The van der Waals surface area contributed by atoms with E-state index in [1.165, 1.54) is 6.92 Å². The number of carbonyl (C=O) groups excluding carboxylic acids is 2. The Bertz CT molecular complexity index is 548. The van der Waals surface area contributed by atoms with E-state index >= 15 is 0 Å². The standard InChI is InChI=1S/C16H24N2O3/c1-4-13-15(11(3)20)10(2)17-16(13)14(21)8-18-7-5-6-12(18)9-19/h12,17,19H,4-9H2,1-3H3. The Balaban J connectivity index is 2.23. The molecule has 1 fully saturated rings. The Morgan fingerprint density at radius 1 is 1.43 bits per heavy atom. The van der Waals surface area contributed by atoms with E-state index in [2.05, 4.69) is 4.98 Å². The van der Waals surface area contributed by atoms with Gasteiger partial charge in [0.25, 0.3) is 0 Å². The molecule has 0 amide bonds. The zero-order valence-corrected chi connectivity index (χ0v) is 13.0. The van der Waals surface area contributed by atoms with Gasteiger partial charge in [0.2, 0.25) is 0 Å². The highest BCUT2D eigenvalue weighted by Gasteiger charge is 2.28. The van der Waals surface area contributed by atoms with Crippen molar-refractivity contribution in [2.24, 2.45) is 0 Å². The maximum Gasteiger partial charge on any atom is 0.193 e. The first-order valence-corrected chi connectivity index (χ1v) is 7.60. The molecule has 116 valence electrons. The summed E-state index contributed by atoms with van der Waals surface area (Å²) in [6.07, 6.45) is 2.61. The molecule has 1 saturated heterocycles. The molecule has 21 heavy (non-hydrogen) atoms. The molecule has 2 N–H and O–H groups in total. The third-order valence-electron chi connectivity index (χ3n) is 4.33. The van der Waals surface area contributed by atoms with Gasteiger partial charge in [0.05, 0.1) is 18.8 Å². The molecule has 1 unspecified atom stereocenters. The number of Topliss-reactive ketones (excluding diaryl/α,β-unsaturated/α-hetero) is 2. The van der Waals surface area contributed by atoms with Crippen LogP contribution in [0.4, 0.5) is 0 Å². The fourth-order valence-electron chi connectivity index (χ4n) is 3.32. The van der Waals surface area contributed by atoms with E-state index < -0.39 is 0 Å². The molecule has 1 atom stereocenters. The van der Waals surface area contributed by atoms with Gasteiger partial charge in [-0.1, -0.05) is 6.92 Å². The van der Waals surface area contributed by atoms with E-state index in [1.807, 2.05) is 18.7 Å². The van der Waals surface area contributed by atoms with Crippen molar-refractivity contribution in [1.29, 1.82) is 0 Å². The van der Waals surface area contributed by atoms with Crippen molar-refractivity contribution in [3.8, 4) is 0 Å². The first-order valence-electron chi connectivity index (χ1n) is 7.60. The molecule has 5 nitrogen and oxygen atoms in total. The molecular weight excluding hydrogens is 268 g/mol. The Morgan fingerprint density at radius 2 is 2.14 bits per heavy atom. The predicted octanol–water partition coefficient (Wildman–Crippen LogP) is 1.73. The minimum absolute atomic E-state index is 0.00259. The molecule has 0 spiro atoms. The number of carbonyl (C=O) groups is 2. The van der Waals surface area contributed by atoms with Gasteiger partial charge < -0.3 is 10.1 Å². The van der Waals surface area contributed by atoms with Crippen LogP contribution in [0.1, 0.15) is 58.8 Å². The molecule has 2 heterocycles. The Kier molecular flexibility index (Phi) is 4.96. The summed E-state index contributed by atoms with van der Waals surface area (Å²) in [5.74, 6) is -0.00291. The quantitative estimate of drug-likeness (QED) is 0.783. The van der Waals surface area contributed by atoms with Gasteiger partial charge >= 0.3 is 0 Å². The average Bonchev–Trinajstić information content (AvgIpc) is 3.01. The second kappa shape index (κ2) is 6.54. The molecule has 1 aliphatic rings. The molecule has 0 bridgehead atoms. The molecule has 0 aliphatic carbocycles. The Labute approximate surface area is 125 Å². The van der Waals surface area contributed by atoms with Crippen LogP contribution in [0, 0.1) is 6.92 Å². The Hall–Kier alpha value is -1.46. The van der Waals surface area contributed by atoms with Crippen molar-refractivity contribution in [2.75, 3.05) is 19.7 Å². The maximum atomic E-state index is 12.6. The molecule has 1 aromatic heterocycles. The smallest absolute Gasteiger partial charge is 0.193 e. The fraction of sp³-hybridized carbons (Fsp3) is 0.625. The molecular formula is C16H24N2O3. The van der Waals surface area contributed by atoms with Crippen LogP contribution in [0.15, 0.2) is 0 Å². The summed E-state index contributed by atoms with van der Waals surface area (Å²) in [4.78, 5) is 29.4. The number of ketones is 2. The number of aliphatic hydroxyl groups is 1. The van der Waals surface area contributed by atoms with E-state index in [9.17, 15) is 14.7 Å². The van der Waals surface area contributed by atoms with Gasteiger partial charge in [-0.15, -0.1) is 0 Å². The number of aliphatic hydroxyl groups excluding tert-OH is 1. The minimum atomic E-state index is -0.00550. The van der Waals surface area contributed by atoms with Crippen LogP contribution in [-0.4, -0.2) is 52.3 Å². The monoisotopic (exact) mass is 292 g/mol. The van der Waals surface area contributed by atoms with E-state index in [4.69, 9.17) is 0 Å². The van der Waals surface area contributed by atoms with Gasteiger partial charge in [-0.3, -0.25) is 14.5 Å². The van der Waals surface area contributed by atoms with E-state index in [0.29, 0.717) is 24.2 Å². The van der Waals surface area contributed by atoms with E-state index in [1.54, 1.807) is 0 Å². The summed E-state index contributed by atoms with van der Waals surface area (Å²) >= 11 is 0. The molecule has 2 rings (SSSR count). The summed E-state index contributed by atoms with van der Waals surface area (Å²) < 4.78 is 0. The highest BCUT2D eigenvalue weighted by Crippen LogP contribution is 2.22. The SMILES string of the molecule is CCc1c(C(=O)CN2CCCC2CO)[nH]c(C)c1C(C)=O.